The van der Waals surface area contributed by atoms with Crippen molar-refractivity contribution in [2.24, 2.45) is 0 Å². The van der Waals surface area contributed by atoms with Gasteiger partial charge in [0.2, 0.25) is 0 Å². The van der Waals surface area contributed by atoms with Crippen LogP contribution in [-0.4, -0.2) is 11.6 Å². The molecular weight excluding hydrogens is 340 g/mol. The third-order valence-electron chi connectivity index (χ3n) is 3.95. The lowest BCUT2D eigenvalue weighted by Gasteiger charge is -2.20. The van der Waals surface area contributed by atoms with E-state index in [2.05, 4.69) is 0 Å². The molecule has 0 heterocycles. The predicted octanol–water partition coefficient (Wildman–Crippen LogP) is 5.27. The normalized spacial score (nSPS) is 12.7. The van der Waals surface area contributed by atoms with Gasteiger partial charge in [-0.25, -0.2) is 0 Å². The molecule has 4 heteroatoms. The topological polar surface area (TPSA) is 34.1 Å². The smallest absolute Gasteiger partial charge is 0.196 e. The van der Waals surface area contributed by atoms with Gasteiger partial charge >= 0.3 is 0 Å². The Balaban J connectivity index is 1.89. The number of rotatable bonds is 2. The highest BCUT2D eigenvalue weighted by Crippen LogP contribution is 2.38. The molecule has 0 unspecified atom stereocenters. The van der Waals surface area contributed by atoms with Crippen LogP contribution in [0.5, 0.6) is 0 Å². The first-order chi connectivity index (χ1) is 11.7. The number of fused-ring (bicyclic) bond motifs is 2. The van der Waals surface area contributed by atoms with Crippen LogP contribution in [0, 0.1) is 0 Å². The summed E-state index contributed by atoms with van der Waals surface area (Å²) in [5.41, 5.74) is 1.56. The highest BCUT2D eigenvalue weighted by atomic mass is 35.5. The van der Waals surface area contributed by atoms with Gasteiger partial charge in [-0.3, -0.25) is 9.59 Å². The largest absolute Gasteiger partial charge is 0.289 e. The fourth-order valence-electron chi connectivity index (χ4n) is 2.87. The first kappa shape index (κ1) is 15.2. The van der Waals surface area contributed by atoms with Crippen LogP contribution in [0.2, 0.25) is 5.02 Å². The summed E-state index contributed by atoms with van der Waals surface area (Å²) in [6, 6.07) is 20.1. The Labute approximate surface area is 148 Å². The molecule has 0 amide bonds. The van der Waals surface area contributed by atoms with Gasteiger partial charge in [0.15, 0.2) is 11.6 Å². The van der Waals surface area contributed by atoms with Crippen molar-refractivity contribution in [3.8, 4) is 0 Å². The Morgan fingerprint density at radius 3 is 2.04 bits per heavy atom. The van der Waals surface area contributed by atoms with Crippen molar-refractivity contribution < 1.29 is 9.59 Å². The van der Waals surface area contributed by atoms with E-state index in [1.54, 1.807) is 30.3 Å². The monoisotopic (exact) mass is 350 g/mol. The van der Waals surface area contributed by atoms with Crippen molar-refractivity contribution in [3.05, 3.63) is 94.0 Å². The molecule has 0 saturated heterocycles. The van der Waals surface area contributed by atoms with Crippen molar-refractivity contribution in [3.63, 3.8) is 0 Å². The molecule has 3 aromatic carbocycles. The van der Waals surface area contributed by atoms with Gasteiger partial charge in [0.05, 0.1) is 10.6 Å². The number of benzene rings is 3. The van der Waals surface area contributed by atoms with Crippen molar-refractivity contribution in [1.29, 1.82) is 0 Å². The number of hydrogen-bond acceptors (Lipinski definition) is 3. The van der Waals surface area contributed by atoms with Crippen LogP contribution < -0.4 is 0 Å². The number of ketones is 2. The van der Waals surface area contributed by atoms with E-state index < -0.39 is 0 Å². The summed E-state index contributed by atoms with van der Waals surface area (Å²) in [6.07, 6.45) is 0. The Morgan fingerprint density at radius 2 is 1.29 bits per heavy atom. The third-order valence-corrected chi connectivity index (χ3v) is 5.34. The van der Waals surface area contributed by atoms with Gasteiger partial charge in [-0.15, -0.1) is 0 Å². The molecule has 0 bridgehead atoms. The molecule has 24 heavy (non-hydrogen) atoms. The molecule has 0 radical (unpaired) electrons. The molecule has 116 valence electrons. The Morgan fingerprint density at radius 1 is 0.667 bits per heavy atom. The fourth-order valence-corrected chi connectivity index (χ4v) is 4.13. The zero-order valence-corrected chi connectivity index (χ0v) is 14.0. The maximum Gasteiger partial charge on any atom is 0.196 e. The molecule has 3 aromatic rings. The Kier molecular flexibility index (Phi) is 3.75. The van der Waals surface area contributed by atoms with Crippen LogP contribution in [-0.2, 0) is 0 Å². The quantitative estimate of drug-likeness (QED) is 0.494. The van der Waals surface area contributed by atoms with E-state index >= 15 is 0 Å². The number of carbonyl (C=O) groups excluding carboxylic acids is 2. The lowest BCUT2D eigenvalue weighted by atomic mass is 9.84. The van der Waals surface area contributed by atoms with E-state index in [1.807, 2.05) is 36.4 Å². The van der Waals surface area contributed by atoms with Crippen LogP contribution in [0.25, 0.3) is 0 Å². The molecule has 2 nitrogen and oxygen atoms in total. The summed E-state index contributed by atoms with van der Waals surface area (Å²) in [5.74, 6) is -0.346. The fraction of sp³-hybridized carbons (Fsp3) is 0. The van der Waals surface area contributed by atoms with E-state index in [4.69, 9.17) is 11.6 Å². The summed E-state index contributed by atoms with van der Waals surface area (Å²) in [5, 5.41) is 0.317. The second kappa shape index (κ2) is 5.93. The van der Waals surface area contributed by atoms with Gasteiger partial charge < -0.3 is 0 Å². The van der Waals surface area contributed by atoms with Crippen molar-refractivity contribution in [2.45, 2.75) is 9.79 Å². The van der Waals surface area contributed by atoms with Crippen molar-refractivity contribution in [2.75, 3.05) is 0 Å². The summed E-state index contributed by atoms with van der Waals surface area (Å²) >= 11 is 7.64. The molecule has 4 rings (SSSR count). The minimum absolute atomic E-state index is 0.152. The number of halogens is 1. The first-order valence-corrected chi connectivity index (χ1v) is 8.60. The van der Waals surface area contributed by atoms with Crippen LogP contribution >= 0.6 is 23.4 Å². The summed E-state index contributed by atoms with van der Waals surface area (Å²) in [6.45, 7) is 0. The van der Waals surface area contributed by atoms with Gasteiger partial charge in [-0.1, -0.05) is 65.8 Å². The molecular formula is C20H11ClO2S. The molecule has 0 spiro atoms. The van der Waals surface area contributed by atoms with Crippen molar-refractivity contribution in [1.82, 2.24) is 0 Å². The van der Waals surface area contributed by atoms with Crippen LogP contribution in [0.1, 0.15) is 31.8 Å². The molecule has 0 N–H and O–H groups in total. The maximum absolute atomic E-state index is 13.0. The van der Waals surface area contributed by atoms with Gasteiger partial charge in [0.1, 0.15) is 0 Å². The average Bonchev–Trinajstić information content (AvgIpc) is 2.60. The van der Waals surface area contributed by atoms with Crippen LogP contribution in [0.15, 0.2) is 76.5 Å². The molecule has 0 fully saturated rings. The lowest BCUT2D eigenvalue weighted by Crippen LogP contribution is -2.22. The van der Waals surface area contributed by atoms with Crippen LogP contribution in [0.4, 0.5) is 0 Å². The average molecular weight is 351 g/mol. The Hall–Kier alpha value is -2.36. The summed E-state index contributed by atoms with van der Waals surface area (Å²) < 4.78 is 0. The molecule has 0 aliphatic heterocycles. The second-order valence-corrected chi connectivity index (χ2v) is 6.94. The highest BCUT2D eigenvalue weighted by Gasteiger charge is 2.33. The maximum atomic E-state index is 13.0. The van der Waals surface area contributed by atoms with E-state index in [0.717, 1.165) is 9.79 Å². The van der Waals surface area contributed by atoms with Gasteiger partial charge in [-0.2, -0.15) is 0 Å². The molecule has 1 aliphatic rings. The Bertz CT molecular complexity index is 980. The number of hydrogen-bond donors (Lipinski definition) is 0. The molecule has 1 aliphatic carbocycles. The summed E-state index contributed by atoms with van der Waals surface area (Å²) in [7, 11) is 0. The molecule has 0 aromatic heterocycles. The van der Waals surface area contributed by atoms with Gasteiger partial charge in [-0.05, 0) is 24.3 Å². The van der Waals surface area contributed by atoms with E-state index in [-0.39, 0.29) is 11.6 Å². The van der Waals surface area contributed by atoms with E-state index in [9.17, 15) is 9.59 Å². The first-order valence-electron chi connectivity index (χ1n) is 7.40. The van der Waals surface area contributed by atoms with E-state index in [0.29, 0.717) is 27.3 Å². The second-order valence-electron chi connectivity index (χ2n) is 5.41. The molecule has 0 saturated carbocycles. The zero-order chi connectivity index (χ0) is 16.7. The van der Waals surface area contributed by atoms with Crippen LogP contribution in [0.3, 0.4) is 0 Å². The summed E-state index contributed by atoms with van der Waals surface area (Å²) in [4.78, 5) is 27.6. The molecule has 0 atom stereocenters. The minimum atomic E-state index is -0.194. The lowest BCUT2D eigenvalue weighted by molar-refractivity contribution is 0.0977. The zero-order valence-electron chi connectivity index (χ0n) is 12.5. The minimum Gasteiger partial charge on any atom is -0.289 e. The standard InChI is InChI=1S/C20H11ClO2S/c21-15-10-4-8-13-17(15)19(22)14-9-5-11-16(18(14)20(13)23)24-12-6-2-1-3-7-12/h1-11H. The van der Waals surface area contributed by atoms with Gasteiger partial charge in [0, 0.05) is 26.5 Å². The number of carbonyl (C=O) groups is 2. The van der Waals surface area contributed by atoms with E-state index in [1.165, 1.54) is 11.8 Å². The highest BCUT2D eigenvalue weighted by molar-refractivity contribution is 7.99. The predicted molar refractivity (Wildman–Crippen MR) is 95.3 cm³/mol. The third kappa shape index (κ3) is 2.37. The SMILES string of the molecule is O=C1c2cccc(Sc3ccccc3)c2C(=O)c2cccc(Cl)c21. The van der Waals surface area contributed by atoms with Crippen molar-refractivity contribution >= 4 is 34.9 Å². The van der Waals surface area contributed by atoms with Gasteiger partial charge in [0.25, 0.3) is 0 Å².